The summed E-state index contributed by atoms with van der Waals surface area (Å²) in [6.07, 6.45) is 1.69. The average molecular weight is 357 g/mol. The Kier molecular flexibility index (Phi) is 5.36. The van der Waals surface area contributed by atoms with Crippen LogP contribution < -0.4 is 5.32 Å². The topological polar surface area (TPSA) is 75.4 Å². The number of phenolic OH excluding ortho intramolecular Hbond substituents is 1. The molecule has 0 unspecified atom stereocenters. The number of nitrogens with one attached hydrogen (secondary N) is 1. The van der Waals surface area contributed by atoms with Gasteiger partial charge >= 0.3 is 0 Å². The number of aromatic hydroxyl groups is 1. The number of nitrogens with zero attached hydrogens (tertiary/aromatic N) is 1. The summed E-state index contributed by atoms with van der Waals surface area (Å²) in [5, 5.41) is 17.0. The van der Waals surface area contributed by atoms with Gasteiger partial charge in [0.2, 0.25) is 5.91 Å². The summed E-state index contributed by atoms with van der Waals surface area (Å²) in [6.45, 7) is 0.303. The zero-order valence-corrected chi connectivity index (χ0v) is 14.1. The van der Waals surface area contributed by atoms with Gasteiger partial charge in [-0.15, -0.1) is 0 Å². The molecule has 0 bridgehead atoms. The number of hydrogen-bond acceptors (Lipinski definition) is 4. The van der Waals surface area contributed by atoms with Crippen LogP contribution in [0.1, 0.15) is 29.2 Å². The highest BCUT2D eigenvalue weighted by Crippen LogP contribution is 2.31. The van der Waals surface area contributed by atoms with Gasteiger partial charge in [-0.2, -0.15) is 0 Å². The summed E-state index contributed by atoms with van der Waals surface area (Å²) in [4.78, 5) is 12.4. The van der Waals surface area contributed by atoms with E-state index in [1.54, 1.807) is 30.3 Å². The first-order chi connectivity index (χ1) is 12.1. The monoisotopic (exact) mass is 356 g/mol. The van der Waals surface area contributed by atoms with Crippen molar-refractivity contribution in [3.8, 4) is 5.75 Å². The predicted molar refractivity (Wildman–Crippen MR) is 94.4 cm³/mol. The number of aromatic nitrogens is 1. The molecule has 3 aromatic rings. The van der Waals surface area contributed by atoms with Crippen LogP contribution in [0, 0.1) is 0 Å². The maximum absolute atomic E-state index is 12.4. The smallest absolute Gasteiger partial charge is 0.221 e. The summed E-state index contributed by atoms with van der Waals surface area (Å²) in [7, 11) is 0. The number of carbonyl (C=O) groups is 1. The van der Waals surface area contributed by atoms with Crippen molar-refractivity contribution in [3.63, 3.8) is 0 Å². The van der Waals surface area contributed by atoms with Crippen molar-refractivity contribution < 1.29 is 14.4 Å². The molecule has 0 aliphatic rings. The minimum atomic E-state index is -0.219. The van der Waals surface area contributed by atoms with Crippen molar-refractivity contribution in [1.29, 1.82) is 0 Å². The van der Waals surface area contributed by atoms with Crippen molar-refractivity contribution in [2.24, 2.45) is 0 Å². The molecule has 128 valence electrons. The summed E-state index contributed by atoms with van der Waals surface area (Å²) in [6, 6.07) is 16.0. The van der Waals surface area contributed by atoms with Gasteiger partial charge in [0.05, 0.1) is 6.54 Å². The van der Waals surface area contributed by atoms with E-state index in [0.29, 0.717) is 17.3 Å². The lowest BCUT2D eigenvalue weighted by Gasteiger charge is -2.18. The largest absolute Gasteiger partial charge is 0.508 e. The molecule has 1 aromatic heterocycles. The van der Waals surface area contributed by atoms with Crippen LogP contribution in [0.2, 0.25) is 5.02 Å². The maximum Gasteiger partial charge on any atom is 0.221 e. The van der Waals surface area contributed by atoms with Crippen LogP contribution in [0.5, 0.6) is 5.75 Å². The third-order valence-electron chi connectivity index (χ3n) is 3.87. The van der Waals surface area contributed by atoms with Crippen LogP contribution in [-0.2, 0) is 11.3 Å². The second kappa shape index (κ2) is 7.85. The summed E-state index contributed by atoms with van der Waals surface area (Å²) < 4.78 is 4.75. The molecule has 0 aliphatic heterocycles. The number of carbonyl (C=O) groups excluding carboxylic acids is 1. The lowest BCUT2D eigenvalue weighted by molar-refractivity contribution is -0.121. The zero-order valence-electron chi connectivity index (χ0n) is 13.4. The molecule has 25 heavy (non-hydrogen) atoms. The third-order valence-corrected chi connectivity index (χ3v) is 4.11. The minimum absolute atomic E-state index is 0.128. The number of rotatable bonds is 6. The first kappa shape index (κ1) is 17.0. The molecule has 0 fully saturated rings. The summed E-state index contributed by atoms with van der Waals surface area (Å²) >= 11 is 6.10. The molecular formula is C19H17ClN2O3. The van der Waals surface area contributed by atoms with E-state index in [-0.39, 0.29) is 24.0 Å². The van der Waals surface area contributed by atoms with Gasteiger partial charge in [0.15, 0.2) is 0 Å². The van der Waals surface area contributed by atoms with Crippen LogP contribution in [0.15, 0.2) is 65.4 Å². The van der Waals surface area contributed by atoms with Crippen LogP contribution in [0.4, 0.5) is 0 Å². The van der Waals surface area contributed by atoms with E-state index < -0.39 is 0 Å². The van der Waals surface area contributed by atoms with Gasteiger partial charge in [-0.3, -0.25) is 4.79 Å². The quantitative estimate of drug-likeness (QED) is 0.703. The van der Waals surface area contributed by atoms with Crippen molar-refractivity contribution in [2.45, 2.75) is 18.9 Å². The Hall–Kier alpha value is -2.79. The van der Waals surface area contributed by atoms with Crippen molar-refractivity contribution in [1.82, 2.24) is 10.5 Å². The molecule has 1 heterocycles. The highest BCUT2D eigenvalue weighted by Gasteiger charge is 2.19. The molecule has 5 nitrogen and oxygen atoms in total. The Labute approximate surface area is 150 Å². The van der Waals surface area contributed by atoms with Crippen molar-refractivity contribution >= 4 is 17.5 Å². The summed E-state index contributed by atoms with van der Waals surface area (Å²) in [5.41, 5.74) is 2.42. The van der Waals surface area contributed by atoms with E-state index in [9.17, 15) is 9.90 Å². The van der Waals surface area contributed by atoms with Gasteiger partial charge in [-0.1, -0.05) is 41.0 Å². The fourth-order valence-electron chi connectivity index (χ4n) is 2.67. The Bertz CT molecular complexity index is 804. The molecule has 0 radical (unpaired) electrons. The lowest BCUT2D eigenvalue weighted by Crippen LogP contribution is -2.25. The molecule has 0 aliphatic carbocycles. The van der Waals surface area contributed by atoms with Gasteiger partial charge in [-0.25, -0.2) is 0 Å². The maximum atomic E-state index is 12.4. The first-order valence-electron chi connectivity index (χ1n) is 7.82. The van der Waals surface area contributed by atoms with Gasteiger partial charge in [0.25, 0.3) is 0 Å². The molecular weight excluding hydrogens is 340 g/mol. The summed E-state index contributed by atoms with van der Waals surface area (Å²) in [5.74, 6) is -0.188. The van der Waals surface area contributed by atoms with E-state index in [1.807, 2.05) is 24.3 Å². The van der Waals surface area contributed by atoms with Gasteiger partial charge < -0.3 is 14.9 Å². The average Bonchev–Trinajstić information content (AvgIpc) is 3.11. The molecule has 3 rings (SSSR count). The molecule has 2 N–H and O–H groups in total. The van der Waals surface area contributed by atoms with Gasteiger partial charge in [-0.05, 0) is 35.4 Å². The highest BCUT2D eigenvalue weighted by atomic mass is 35.5. The molecule has 2 aromatic carbocycles. The Balaban J connectivity index is 1.80. The van der Waals surface area contributed by atoms with Crippen molar-refractivity contribution in [2.75, 3.05) is 0 Å². The number of benzene rings is 2. The highest BCUT2D eigenvalue weighted by molar-refractivity contribution is 6.30. The Morgan fingerprint density at radius 1 is 1.16 bits per heavy atom. The van der Waals surface area contributed by atoms with Gasteiger partial charge in [0.1, 0.15) is 17.7 Å². The molecule has 6 heteroatoms. The van der Waals surface area contributed by atoms with Crippen LogP contribution >= 0.6 is 11.6 Å². The van der Waals surface area contributed by atoms with Crippen LogP contribution in [-0.4, -0.2) is 16.2 Å². The standard InChI is InChI=1S/C19H17ClN2O3/c20-15-5-1-3-13(9-15)18(14-4-2-6-17(23)10-14)11-19(24)21-12-16-7-8-25-22-16/h1-10,18,23H,11-12H2,(H,21,24)/t18-/m1/s1. The molecule has 0 spiro atoms. The number of amides is 1. The van der Waals surface area contributed by atoms with E-state index in [0.717, 1.165) is 11.1 Å². The fraction of sp³-hybridized carbons (Fsp3) is 0.158. The number of halogens is 1. The SMILES string of the molecule is O=C(C[C@@H](c1cccc(O)c1)c1cccc(Cl)c1)NCc1ccon1. The normalized spacial score (nSPS) is 11.9. The van der Waals surface area contributed by atoms with Crippen LogP contribution in [0.3, 0.4) is 0 Å². The molecule has 0 saturated carbocycles. The number of phenols is 1. The van der Waals surface area contributed by atoms with Crippen LogP contribution in [0.25, 0.3) is 0 Å². The molecule has 1 atom stereocenters. The van der Waals surface area contributed by atoms with E-state index in [1.165, 1.54) is 6.26 Å². The van der Waals surface area contributed by atoms with Crippen molar-refractivity contribution in [3.05, 3.63) is 82.7 Å². The predicted octanol–water partition coefficient (Wildman–Crippen LogP) is 3.87. The molecule has 1 amide bonds. The van der Waals surface area contributed by atoms with E-state index in [2.05, 4.69) is 10.5 Å². The first-order valence-corrected chi connectivity index (χ1v) is 8.20. The zero-order chi connectivity index (χ0) is 17.6. The fourth-order valence-corrected chi connectivity index (χ4v) is 2.87. The van der Waals surface area contributed by atoms with E-state index in [4.69, 9.17) is 16.1 Å². The third kappa shape index (κ3) is 4.61. The second-order valence-electron chi connectivity index (χ2n) is 5.67. The Morgan fingerprint density at radius 2 is 1.92 bits per heavy atom. The lowest BCUT2D eigenvalue weighted by atomic mass is 9.88. The number of hydrogen-bond donors (Lipinski definition) is 2. The van der Waals surface area contributed by atoms with Gasteiger partial charge in [0, 0.05) is 23.4 Å². The van der Waals surface area contributed by atoms with E-state index >= 15 is 0 Å². The minimum Gasteiger partial charge on any atom is -0.508 e. The Morgan fingerprint density at radius 3 is 2.60 bits per heavy atom. The molecule has 0 saturated heterocycles. The second-order valence-corrected chi connectivity index (χ2v) is 6.11.